The van der Waals surface area contributed by atoms with Gasteiger partial charge < -0.3 is 16.2 Å². The van der Waals surface area contributed by atoms with Crippen molar-refractivity contribution in [1.29, 1.82) is 0 Å². The maximum Gasteiger partial charge on any atom is 0.335 e. The lowest BCUT2D eigenvalue weighted by molar-refractivity contribution is -0.153. The Kier molecular flexibility index (Phi) is 5.56. The molecule has 1 atom stereocenters. The molecule has 0 aliphatic rings. The molecule has 1 amide bonds. The molecule has 0 bridgehead atoms. The number of thioether (sulfide) groups is 1. The quantitative estimate of drug-likeness (QED) is 0.464. The summed E-state index contributed by atoms with van der Waals surface area (Å²) >= 11 is 1.49. The lowest BCUT2D eigenvalue weighted by atomic mass is 9.97. The highest BCUT2D eigenvalue weighted by atomic mass is 32.2. The van der Waals surface area contributed by atoms with Crippen molar-refractivity contribution >= 4 is 23.6 Å². The molecule has 0 heterocycles. The highest BCUT2D eigenvalue weighted by molar-refractivity contribution is 7.98. The molecule has 5 nitrogen and oxygen atoms in total. The van der Waals surface area contributed by atoms with Gasteiger partial charge in [-0.15, -0.1) is 0 Å². The molecule has 0 aromatic rings. The Balaban J connectivity index is 4.53. The first-order chi connectivity index (χ1) is 6.49. The number of hydrogen-bond acceptors (Lipinski definition) is 5. The first-order valence-electron chi connectivity index (χ1n) is 4.24. The van der Waals surface area contributed by atoms with Gasteiger partial charge in [0.2, 0.25) is 5.91 Å². The van der Waals surface area contributed by atoms with Gasteiger partial charge in [-0.05, 0) is 25.4 Å². The molecule has 0 aliphatic carbocycles. The number of amides is 1. The molecule has 82 valence electrons. The molecule has 0 rings (SSSR count). The van der Waals surface area contributed by atoms with Gasteiger partial charge in [0.05, 0.1) is 6.61 Å². The average Bonchev–Trinajstić information content (AvgIpc) is 2.14. The van der Waals surface area contributed by atoms with Crippen LogP contribution in [0.5, 0.6) is 0 Å². The van der Waals surface area contributed by atoms with Gasteiger partial charge in [0.1, 0.15) is 0 Å². The van der Waals surface area contributed by atoms with Crippen LogP contribution in [0.25, 0.3) is 0 Å². The summed E-state index contributed by atoms with van der Waals surface area (Å²) in [6, 6.07) is 0. The van der Waals surface area contributed by atoms with Crippen molar-refractivity contribution in [3.8, 4) is 0 Å². The minimum Gasteiger partial charge on any atom is -0.464 e. The first-order valence-corrected chi connectivity index (χ1v) is 5.63. The summed E-state index contributed by atoms with van der Waals surface area (Å²) in [4.78, 5) is 22.4. The second-order valence-corrected chi connectivity index (χ2v) is 3.78. The zero-order chi connectivity index (χ0) is 11.2. The van der Waals surface area contributed by atoms with Crippen molar-refractivity contribution in [1.82, 2.24) is 0 Å². The lowest BCUT2D eigenvalue weighted by Gasteiger charge is -2.22. The van der Waals surface area contributed by atoms with Crippen molar-refractivity contribution in [2.24, 2.45) is 11.5 Å². The van der Waals surface area contributed by atoms with E-state index in [0.717, 1.165) is 0 Å². The van der Waals surface area contributed by atoms with Crippen molar-refractivity contribution in [2.75, 3.05) is 18.6 Å². The second kappa shape index (κ2) is 5.87. The zero-order valence-corrected chi connectivity index (χ0v) is 9.23. The minimum absolute atomic E-state index is 0.185. The molecule has 0 saturated carbocycles. The highest BCUT2D eigenvalue weighted by Crippen LogP contribution is 2.12. The molecular formula is C8H16N2O3S. The molecule has 14 heavy (non-hydrogen) atoms. The van der Waals surface area contributed by atoms with Crippen molar-refractivity contribution in [3.63, 3.8) is 0 Å². The molecular weight excluding hydrogens is 204 g/mol. The average molecular weight is 220 g/mol. The van der Waals surface area contributed by atoms with E-state index in [2.05, 4.69) is 0 Å². The van der Waals surface area contributed by atoms with Gasteiger partial charge in [0, 0.05) is 0 Å². The Morgan fingerprint density at radius 1 is 1.50 bits per heavy atom. The van der Waals surface area contributed by atoms with Crippen molar-refractivity contribution in [2.45, 2.75) is 18.9 Å². The van der Waals surface area contributed by atoms with E-state index in [1.54, 1.807) is 6.92 Å². The Morgan fingerprint density at radius 3 is 2.43 bits per heavy atom. The number of carbonyl (C=O) groups is 2. The van der Waals surface area contributed by atoms with Crippen LogP contribution in [-0.2, 0) is 14.3 Å². The first kappa shape index (κ1) is 13.2. The van der Waals surface area contributed by atoms with E-state index in [-0.39, 0.29) is 13.0 Å². The fourth-order valence-corrected chi connectivity index (χ4v) is 1.37. The fraction of sp³-hybridized carbons (Fsp3) is 0.750. The van der Waals surface area contributed by atoms with Crippen molar-refractivity contribution in [3.05, 3.63) is 0 Å². The summed E-state index contributed by atoms with van der Waals surface area (Å²) in [6.45, 7) is 1.83. The Labute approximate surface area is 87.5 Å². The summed E-state index contributed by atoms with van der Waals surface area (Å²) in [5.41, 5.74) is 8.98. The maximum atomic E-state index is 11.4. The van der Waals surface area contributed by atoms with E-state index >= 15 is 0 Å². The van der Waals surface area contributed by atoms with Crippen molar-refractivity contribution < 1.29 is 14.3 Å². The van der Waals surface area contributed by atoms with E-state index < -0.39 is 17.4 Å². The number of nitrogens with two attached hydrogens (primary N) is 2. The molecule has 0 spiro atoms. The molecule has 0 aromatic carbocycles. The molecule has 6 heteroatoms. The van der Waals surface area contributed by atoms with E-state index in [4.69, 9.17) is 16.2 Å². The Bertz CT molecular complexity index is 223. The van der Waals surface area contributed by atoms with Crippen LogP contribution >= 0.6 is 11.8 Å². The SMILES string of the molecule is CCOC(=O)[C@@](N)(CCSC)C(N)=O. The van der Waals surface area contributed by atoms with Gasteiger partial charge in [-0.25, -0.2) is 4.79 Å². The van der Waals surface area contributed by atoms with Crippen LogP contribution < -0.4 is 11.5 Å². The molecule has 0 unspecified atom stereocenters. The minimum atomic E-state index is -1.68. The van der Waals surface area contributed by atoms with Crippen LogP contribution in [0.15, 0.2) is 0 Å². The fourth-order valence-electron chi connectivity index (χ4n) is 0.849. The third kappa shape index (κ3) is 3.19. The van der Waals surface area contributed by atoms with Crippen LogP contribution in [0.3, 0.4) is 0 Å². The van der Waals surface area contributed by atoms with E-state index in [1.165, 1.54) is 11.8 Å². The number of ether oxygens (including phenoxy) is 1. The molecule has 0 radical (unpaired) electrons. The standard InChI is InChI=1S/C8H16N2O3S/c1-3-13-7(12)8(10,6(9)11)4-5-14-2/h3-5,10H2,1-2H3,(H2,9,11)/t8-/m1/s1. The van der Waals surface area contributed by atoms with Crippen LogP contribution in [-0.4, -0.2) is 36.0 Å². The Morgan fingerprint density at radius 2 is 2.07 bits per heavy atom. The number of carbonyl (C=O) groups excluding carboxylic acids is 2. The number of esters is 1. The molecule has 0 aromatic heterocycles. The van der Waals surface area contributed by atoms with E-state index in [0.29, 0.717) is 5.75 Å². The van der Waals surface area contributed by atoms with Crippen LogP contribution in [0.2, 0.25) is 0 Å². The van der Waals surface area contributed by atoms with Crippen LogP contribution in [0, 0.1) is 0 Å². The summed E-state index contributed by atoms with van der Waals surface area (Å²) in [7, 11) is 0. The zero-order valence-electron chi connectivity index (χ0n) is 8.41. The van der Waals surface area contributed by atoms with Crippen LogP contribution in [0.1, 0.15) is 13.3 Å². The largest absolute Gasteiger partial charge is 0.464 e. The lowest BCUT2D eigenvalue weighted by Crippen LogP contribution is -2.59. The highest BCUT2D eigenvalue weighted by Gasteiger charge is 2.41. The van der Waals surface area contributed by atoms with Gasteiger partial charge in [-0.1, -0.05) is 0 Å². The summed E-state index contributed by atoms with van der Waals surface area (Å²) in [6.07, 6.45) is 2.05. The van der Waals surface area contributed by atoms with Gasteiger partial charge >= 0.3 is 5.97 Å². The maximum absolute atomic E-state index is 11.4. The second-order valence-electron chi connectivity index (χ2n) is 2.80. The molecule has 0 aliphatic heterocycles. The number of hydrogen-bond donors (Lipinski definition) is 2. The van der Waals surface area contributed by atoms with E-state index in [9.17, 15) is 9.59 Å². The predicted octanol–water partition coefficient (Wildman–Crippen LogP) is -0.515. The monoisotopic (exact) mass is 220 g/mol. The molecule has 4 N–H and O–H groups in total. The van der Waals surface area contributed by atoms with Gasteiger partial charge in [-0.2, -0.15) is 11.8 Å². The smallest absolute Gasteiger partial charge is 0.335 e. The van der Waals surface area contributed by atoms with E-state index in [1.807, 2.05) is 6.26 Å². The Hall–Kier alpha value is -0.750. The topological polar surface area (TPSA) is 95.4 Å². The van der Waals surface area contributed by atoms with Gasteiger partial charge in [0.15, 0.2) is 5.54 Å². The van der Waals surface area contributed by atoms with Gasteiger partial charge in [-0.3, -0.25) is 4.79 Å². The summed E-state index contributed by atoms with van der Waals surface area (Å²) in [5, 5.41) is 0. The van der Waals surface area contributed by atoms with Gasteiger partial charge in [0.25, 0.3) is 0 Å². The molecule has 0 saturated heterocycles. The third-order valence-electron chi connectivity index (χ3n) is 1.78. The number of primary amides is 1. The van der Waals surface area contributed by atoms with Crippen LogP contribution in [0.4, 0.5) is 0 Å². The third-order valence-corrected chi connectivity index (χ3v) is 2.39. The summed E-state index contributed by atoms with van der Waals surface area (Å²) < 4.78 is 4.69. The molecule has 0 fully saturated rings. The number of rotatable bonds is 6. The summed E-state index contributed by atoms with van der Waals surface area (Å²) in [5.74, 6) is -1.01. The predicted molar refractivity (Wildman–Crippen MR) is 55.7 cm³/mol. The normalized spacial score (nSPS) is 14.5.